The van der Waals surface area contributed by atoms with Crippen LogP contribution < -0.4 is 4.90 Å². The largest absolute Gasteiger partial charge is 0.389 e. The van der Waals surface area contributed by atoms with Gasteiger partial charge in [-0.15, -0.1) is 0 Å². The van der Waals surface area contributed by atoms with E-state index in [1.54, 1.807) is 19.1 Å². The van der Waals surface area contributed by atoms with E-state index in [2.05, 4.69) is 4.90 Å². The molecule has 0 radical (unpaired) electrons. The first-order valence-electron chi connectivity index (χ1n) is 6.34. The second kappa shape index (κ2) is 5.05. The highest BCUT2D eigenvalue weighted by Crippen LogP contribution is 2.32. The first-order chi connectivity index (χ1) is 8.11. The molecule has 0 amide bonds. The van der Waals surface area contributed by atoms with Crippen LogP contribution in [0.1, 0.15) is 38.4 Å². The Labute approximate surface area is 102 Å². The second-order valence-corrected chi connectivity index (χ2v) is 4.87. The Balaban J connectivity index is 2.17. The lowest BCUT2D eigenvalue weighted by Crippen LogP contribution is -2.26. The molecule has 1 fully saturated rings. The number of benzene rings is 1. The smallest absolute Gasteiger partial charge is 0.146 e. The molecule has 3 heteroatoms. The molecule has 0 bridgehead atoms. The molecule has 94 valence electrons. The fourth-order valence-electron chi connectivity index (χ4n) is 2.05. The van der Waals surface area contributed by atoms with Crippen molar-refractivity contribution in [3.05, 3.63) is 29.6 Å². The molecule has 1 aliphatic rings. The van der Waals surface area contributed by atoms with Crippen LogP contribution in [0.15, 0.2) is 18.2 Å². The highest BCUT2D eigenvalue weighted by Gasteiger charge is 2.25. The molecular weight excluding hydrogens is 217 g/mol. The average Bonchev–Trinajstić information content (AvgIpc) is 3.10. The third-order valence-corrected chi connectivity index (χ3v) is 3.35. The van der Waals surface area contributed by atoms with Gasteiger partial charge in [0.25, 0.3) is 0 Å². The summed E-state index contributed by atoms with van der Waals surface area (Å²) >= 11 is 0. The topological polar surface area (TPSA) is 23.5 Å². The number of hydrogen-bond donors (Lipinski definition) is 1. The molecule has 0 spiro atoms. The Morgan fingerprint density at radius 2 is 2.18 bits per heavy atom. The summed E-state index contributed by atoms with van der Waals surface area (Å²) in [5.41, 5.74) is 1.29. The minimum atomic E-state index is -0.614. The monoisotopic (exact) mass is 237 g/mol. The van der Waals surface area contributed by atoms with Gasteiger partial charge in [0, 0.05) is 13.1 Å². The van der Waals surface area contributed by atoms with Gasteiger partial charge in [-0.1, -0.05) is 6.07 Å². The van der Waals surface area contributed by atoms with E-state index in [1.165, 1.54) is 18.9 Å². The molecule has 2 rings (SSSR count). The van der Waals surface area contributed by atoms with Crippen LogP contribution in [-0.4, -0.2) is 18.2 Å². The van der Waals surface area contributed by atoms with E-state index in [0.717, 1.165) is 19.0 Å². The summed E-state index contributed by atoms with van der Waals surface area (Å²) in [7, 11) is 0. The summed E-state index contributed by atoms with van der Waals surface area (Å²) in [6.07, 6.45) is 1.92. The van der Waals surface area contributed by atoms with E-state index < -0.39 is 6.10 Å². The fourth-order valence-corrected chi connectivity index (χ4v) is 2.05. The van der Waals surface area contributed by atoms with Crippen LogP contribution in [0, 0.1) is 11.7 Å². The van der Waals surface area contributed by atoms with E-state index in [9.17, 15) is 9.50 Å². The Morgan fingerprint density at radius 3 is 2.65 bits per heavy atom. The zero-order chi connectivity index (χ0) is 12.4. The predicted molar refractivity (Wildman–Crippen MR) is 67.6 cm³/mol. The molecule has 2 nitrogen and oxygen atoms in total. The van der Waals surface area contributed by atoms with Crippen LogP contribution in [0.5, 0.6) is 0 Å². The van der Waals surface area contributed by atoms with Crippen molar-refractivity contribution in [1.29, 1.82) is 0 Å². The second-order valence-electron chi connectivity index (χ2n) is 4.87. The minimum Gasteiger partial charge on any atom is -0.389 e. The lowest BCUT2D eigenvalue weighted by Gasteiger charge is -2.24. The number of aliphatic hydroxyl groups is 1. The normalized spacial score (nSPS) is 16.9. The van der Waals surface area contributed by atoms with E-state index >= 15 is 0 Å². The van der Waals surface area contributed by atoms with Crippen molar-refractivity contribution in [3.8, 4) is 0 Å². The molecular formula is C14H20FNO. The van der Waals surface area contributed by atoms with Gasteiger partial charge in [0.2, 0.25) is 0 Å². The highest BCUT2D eigenvalue weighted by molar-refractivity contribution is 5.49. The Kier molecular flexibility index (Phi) is 3.67. The molecule has 1 aromatic rings. The highest BCUT2D eigenvalue weighted by atomic mass is 19.1. The average molecular weight is 237 g/mol. The first-order valence-corrected chi connectivity index (χ1v) is 6.34. The van der Waals surface area contributed by atoms with E-state index in [4.69, 9.17) is 0 Å². The van der Waals surface area contributed by atoms with Gasteiger partial charge in [-0.3, -0.25) is 0 Å². The maximum atomic E-state index is 14.0. The number of rotatable bonds is 5. The van der Waals surface area contributed by atoms with Gasteiger partial charge in [0.1, 0.15) is 5.82 Å². The van der Waals surface area contributed by atoms with Crippen LogP contribution in [0.25, 0.3) is 0 Å². The third kappa shape index (κ3) is 2.97. The molecule has 1 aromatic carbocycles. The molecule has 0 aromatic heterocycles. The SMILES string of the molecule is CCN(CC1CC1)c1ccc(C(C)O)cc1F. The van der Waals surface area contributed by atoms with E-state index in [0.29, 0.717) is 11.3 Å². The van der Waals surface area contributed by atoms with Crippen molar-refractivity contribution < 1.29 is 9.50 Å². The molecule has 0 heterocycles. The number of halogens is 1. The maximum Gasteiger partial charge on any atom is 0.146 e. The zero-order valence-corrected chi connectivity index (χ0v) is 10.5. The standard InChI is InChI=1S/C14H20FNO/c1-3-16(9-11-4-5-11)14-7-6-12(10(2)17)8-13(14)15/h6-8,10-11,17H,3-5,9H2,1-2H3. The summed E-state index contributed by atoms with van der Waals surface area (Å²) in [6.45, 7) is 5.46. The van der Waals surface area contributed by atoms with Gasteiger partial charge in [-0.2, -0.15) is 0 Å². The van der Waals surface area contributed by atoms with Crippen molar-refractivity contribution in [1.82, 2.24) is 0 Å². The summed E-state index contributed by atoms with van der Waals surface area (Å²) < 4.78 is 14.0. The van der Waals surface area contributed by atoms with Crippen LogP contribution in [0.2, 0.25) is 0 Å². The van der Waals surface area contributed by atoms with Crippen LogP contribution in [0.4, 0.5) is 10.1 Å². The lowest BCUT2D eigenvalue weighted by molar-refractivity contribution is 0.199. The molecule has 1 aliphatic carbocycles. The van der Waals surface area contributed by atoms with Gasteiger partial charge < -0.3 is 10.0 Å². The van der Waals surface area contributed by atoms with Gasteiger partial charge in [0.05, 0.1) is 11.8 Å². The lowest BCUT2D eigenvalue weighted by atomic mass is 10.1. The van der Waals surface area contributed by atoms with Crippen LogP contribution in [-0.2, 0) is 0 Å². The Morgan fingerprint density at radius 1 is 1.47 bits per heavy atom. The minimum absolute atomic E-state index is 0.231. The number of aliphatic hydroxyl groups excluding tert-OH is 1. The zero-order valence-electron chi connectivity index (χ0n) is 10.5. The molecule has 1 atom stereocenters. The summed E-state index contributed by atoms with van der Waals surface area (Å²) in [4.78, 5) is 2.08. The number of hydrogen-bond acceptors (Lipinski definition) is 2. The third-order valence-electron chi connectivity index (χ3n) is 3.35. The Hall–Kier alpha value is -1.09. The Bertz CT molecular complexity index is 388. The molecule has 0 saturated heterocycles. The molecule has 0 aliphatic heterocycles. The van der Waals surface area contributed by atoms with E-state index in [-0.39, 0.29) is 5.82 Å². The van der Waals surface area contributed by atoms with Gasteiger partial charge in [0.15, 0.2) is 0 Å². The summed E-state index contributed by atoms with van der Waals surface area (Å²) in [6, 6.07) is 5.03. The van der Waals surface area contributed by atoms with E-state index in [1.807, 2.05) is 6.92 Å². The summed E-state index contributed by atoms with van der Waals surface area (Å²) in [5, 5.41) is 9.41. The van der Waals surface area contributed by atoms with Gasteiger partial charge in [-0.25, -0.2) is 4.39 Å². The van der Waals surface area contributed by atoms with Crippen LogP contribution in [0.3, 0.4) is 0 Å². The van der Waals surface area contributed by atoms with Crippen LogP contribution >= 0.6 is 0 Å². The fraction of sp³-hybridized carbons (Fsp3) is 0.571. The van der Waals surface area contributed by atoms with Crippen molar-refractivity contribution in [2.75, 3.05) is 18.0 Å². The summed E-state index contributed by atoms with van der Waals surface area (Å²) in [5.74, 6) is 0.511. The number of anilines is 1. The predicted octanol–water partition coefficient (Wildman–Crippen LogP) is 3.12. The van der Waals surface area contributed by atoms with Crippen molar-refractivity contribution in [3.63, 3.8) is 0 Å². The first kappa shape index (κ1) is 12.4. The molecule has 1 unspecified atom stereocenters. The maximum absolute atomic E-state index is 14.0. The van der Waals surface area contributed by atoms with Crippen molar-refractivity contribution in [2.45, 2.75) is 32.8 Å². The van der Waals surface area contributed by atoms with Gasteiger partial charge in [-0.05, 0) is 50.3 Å². The number of nitrogens with zero attached hydrogens (tertiary/aromatic N) is 1. The van der Waals surface area contributed by atoms with Crippen molar-refractivity contribution in [2.24, 2.45) is 5.92 Å². The van der Waals surface area contributed by atoms with Gasteiger partial charge >= 0.3 is 0 Å². The molecule has 1 saturated carbocycles. The van der Waals surface area contributed by atoms with Crippen molar-refractivity contribution >= 4 is 5.69 Å². The molecule has 1 N–H and O–H groups in total. The molecule has 17 heavy (non-hydrogen) atoms. The quantitative estimate of drug-likeness (QED) is 0.850.